The largest absolute Gasteiger partial charge is 0.0908 e. The van der Waals surface area contributed by atoms with Crippen LogP contribution in [0.4, 0.5) is 0 Å². The molecule has 2 saturated carbocycles. The van der Waals surface area contributed by atoms with E-state index in [1.165, 1.54) is 37.7 Å². The fraction of sp³-hybridized carbons (Fsp3) is 0.467. The number of hydrogen-bond donors (Lipinski definition) is 0. The minimum absolute atomic E-state index is 0.439. The van der Waals surface area contributed by atoms with Crippen LogP contribution < -0.4 is 0 Å². The lowest BCUT2D eigenvalue weighted by Crippen LogP contribution is -2.06. The summed E-state index contributed by atoms with van der Waals surface area (Å²) in [6.07, 6.45) is 6.95. The van der Waals surface area contributed by atoms with Gasteiger partial charge in [-0.25, -0.2) is 0 Å². The van der Waals surface area contributed by atoms with E-state index in [1.54, 1.807) is 0 Å². The number of fused-ring (bicyclic) bond motifs is 1. The molecular formula is C15H16. The molecule has 2 aliphatic rings. The van der Waals surface area contributed by atoms with Crippen LogP contribution >= 0.6 is 0 Å². The molecule has 3 rings (SSSR count). The molecule has 1 aromatic rings. The van der Waals surface area contributed by atoms with Gasteiger partial charge in [0.15, 0.2) is 0 Å². The number of hydrogen-bond acceptors (Lipinski definition) is 0. The lowest BCUT2D eigenvalue weighted by Gasteiger charge is -2.15. The second-order valence-corrected chi connectivity index (χ2v) is 4.92. The Kier molecular flexibility index (Phi) is 2.06. The van der Waals surface area contributed by atoms with Gasteiger partial charge in [0.1, 0.15) is 0 Å². The Balaban J connectivity index is 1.79. The average molecular weight is 196 g/mol. The molecule has 0 heterocycles. The first kappa shape index (κ1) is 9.04. The SMILES string of the molecule is C(#CC12CCCCC1C2)c1ccccc1. The van der Waals surface area contributed by atoms with Crippen LogP contribution in [0.5, 0.6) is 0 Å². The van der Waals surface area contributed by atoms with E-state index in [0.717, 1.165) is 5.92 Å². The Hall–Kier alpha value is -1.22. The summed E-state index contributed by atoms with van der Waals surface area (Å²) >= 11 is 0. The topological polar surface area (TPSA) is 0 Å². The molecule has 2 fully saturated rings. The molecule has 0 radical (unpaired) electrons. The first-order valence-corrected chi connectivity index (χ1v) is 5.97. The molecule has 0 aliphatic heterocycles. The van der Waals surface area contributed by atoms with Gasteiger partial charge in [-0.2, -0.15) is 0 Å². The predicted molar refractivity (Wildman–Crippen MR) is 62.3 cm³/mol. The molecule has 0 aromatic heterocycles. The quantitative estimate of drug-likeness (QED) is 0.556. The lowest BCUT2D eigenvalue weighted by molar-refractivity contribution is 0.415. The molecule has 76 valence electrons. The van der Waals surface area contributed by atoms with Crippen molar-refractivity contribution in [2.24, 2.45) is 11.3 Å². The molecule has 0 heteroatoms. The highest BCUT2D eigenvalue weighted by molar-refractivity contribution is 5.38. The smallest absolute Gasteiger partial charge is 0.0350 e. The Morgan fingerprint density at radius 1 is 1.13 bits per heavy atom. The van der Waals surface area contributed by atoms with Crippen LogP contribution in [-0.2, 0) is 0 Å². The van der Waals surface area contributed by atoms with Crippen molar-refractivity contribution in [2.45, 2.75) is 32.1 Å². The van der Waals surface area contributed by atoms with Crippen LogP contribution in [0.25, 0.3) is 0 Å². The highest BCUT2D eigenvalue weighted by Gasteiger charge is 2.53. The molecule has 2 atom stereocenters. The number of benzene rings is 1. The van der Waals surface area contributed by atoms with Crippen LogP contribution in [0.15, 0.2) is 30.3 Å². The number of rotatable bonds is 0. The van der Waals surface area contributed by atoms with Crippen molar-refractivity contribution < 1.29 is 0 Å². The van der Waals surface area contributed by atoms with E-state index < -0.39 is 0 Å². The van der Waals surface area contributed by atoms with E-state index in [4.69, 9.17) is 0 Å². The van der Waals surface area contributed by atoms with Gasteiger partial charge in [-0.1, -0.05) is 42.9 Å². The molecule has 0 amide bonds. The van der Waals surface area contributed by atoms with Crippen molar-refractivity contribution in [3.05, 3.63) is 35.9 Å². The fourth-order valence-electron chi connectivity index (χ4n) is 2.83. The van der Waals surface area contributed by atoms with Crippen molar-refractivity contribution in [3.8, 4) is 11.8 Å². The summed E-state index contributed by atoms with van der Waals surface area (Å²) in [6, 6.07) is 10.4. The minimum Gasteiger partial charge on any atom is -0.0908 e. The standard InChI is InChI=1S/C15H16/c1-2-6-13(7-3-1)9-11-15-10-5-4-8-14(15)12-15/h1-3,6-7,14H,4-5,8,10,12H2. The molecule has 0 nitrogen and oxygen atoms in total. The normalized spacial score (nSPS) is 32.4. The molecule has 0 saturated heterocycles. The maximum Gasteiger partial charge on any atom is 0.0350 e. The van der Waals surface area contributed by atoms with Gasteiger partial charge in [0.2, 0.25) is 0 Å². The highest BCUT2D eigenvalue weighted by Crippen LogP contribution is 2.60. The maximum atomic E-state index is 3.54. The monoisotopic (exact) mass is 196 g/mol. The van der Waals surface area contributed by atoms with Crippen LogP contribution in [0.2, 0.25) is 0 Å². The Morgan fingerprint density at radius 2 is 2.00 bits per heavy atom. The Morgan fingerprint density at radius 3 is 2.80 bits per heavy atom. The van der Waals surface area contributed by atoms with Gasteiger partial charge >= 0.3 is 0 Å². The fourth-order valence-corrected chi connectivity index (χ4v) is 2.83. The van der Waals surface area contributed by atoms with Crippen LogP contribution in [-0.4, -0.2) is 0 Å². The Labute approximate surface area is 91.7 Å². The molecular weight excluding hydrogens is 180 g/mol. The summed E-state index contributed by atoms with van der Waals surface area (Å²) in [5.41, 5.74) is 1.61. The van der Waals surface area contributed by atoms with Crippen molar-refractivity contribution >= 4 is 0 Å². The third-order valence-corrected chi connectivity index (χ3v) is 3.89. The predicted octanol–water partition coefficient (Wildman–Crippen LogP) is 3.62. The molecule has 0 bridgehead atoms. The molecule has 15 heavy (non-hydrogen) atoms. The second-order valence-electron chi connectivity index (χ2n) is 4.92. The lowest BCUT2D eigenvalue weighted by atomic mass is 9.89. The zero-order chi connectivity index (χ0) is 10.1. The van der Waals surface area contributed by atoms with E-state index in [0.29, 0.717) is 5.41 Å². The Bertz CT molecular complexity index is 407. The van der Waals surface area contributed by atoms with Gasteiger partial charge in [-0.15, -0.1) is 0 Å². The maximum absolute atomic E-state index is 3.54. The zero-order valence-electron chi connectivity index (χ0n) is 9.00. The van der Waals surface area contributed by atoms with E-state index >= 15 is 0 Å². The first-order chi connectivity index (χ1) is 7.39. The van der Waals surface area contributed by atoms with Gasteiger partial charge < -0.3 is 0 Å². The first-order valence-electron chi connectivity index (χ1n) is 5.97. The second kappa shape index (κ2) is 3.42. The third kappa shape index (κ3) is 1.67. The van der Waals surface area contributed by atoms with Crippen molar-refractivity contribution in [3.63, 3.8) is 0 Å². The molecule has 0 N–H and O–H groups in total. The van der Waals surface area contributed by atoms with Crippen molar-refractivity contribution in [2.75, 3.05) is 0 Å². The van der Waals surface area contributed by atoms with Crippen LogP contribution in [0.3, 0.4) is 0 Å². The molecule has 2 unspecified atom stereocenters. The van der Waals surface area contributed by atoms with Gasteiger partial charge in [-0.05, 0) is 37.3 Å². The summed E-state index contributed by atoms with van der Waals surface area (Å²) in [5.74, 6) is 7.82. The van der Waals surface area contributed by atoms with Crippen molar-refractivity contribution in [1.29, 1.82) is 0 Å². The summed E-state index contributed by atoms with van der Waals surface area (Å²) in [6.45, 7) is 0. The van der Waals surface area contributed by atoms with Crippen LogP contribution in [0, 0.1) is 23.2 Å². The van der Waals surface area contributed by atoms with Gasteiger partial charge in [0, 0.05) is 11.0 Å². The summed E-state index contributed by atoms with van der Waals surface area (Å²) in [4.78, 5) is 0. The molecule has 2 aliphatic carbocycles. The van der Waals surface area contributed by atoms with Crippen LogP contribution in [0.1, 0.15) is 37.7 Å². The third-order valence-electron chi connectivity index (χ3n) is 3.89. The van der Waals surface area contributed by atoms with Gasteiger partial charge in [0.05, 0.1) is 0 Å². The minimum atomic E-state index is 0.439. The van der Waals surface area contributed by atoms with E-state index in [1.807, 2.05) is 6.07 Å². The summed E-state index contributed by atoms with van der Waals surface area (Å²) in [5, 5.41) is 0. The average Bonchev–Trinajstić information content (AvgIpc) is 3.03. The molecule has 0 spiro atoms. The molecule has 1 aromatic carbocycles. The van der Waals surface area contributed by atoms with E-state index in [9.17, 15) is 0 Å². The van der Waals surface area contributed by atoms with Gasteiger partial charge in [0.25, 0.3) is 0 Å². The van der Waals surface area contributed by atoms with E-state index in [2.05, 4.69) is 36.1 Å². The zero-order valence-corrected chi connectivity index (χ0v) is 9.00. The summed E-state index contributed by atoms with van der Waals surface area (Å²) in [7, 11) is 0. The summed E-state index contributed by atoms with van der Waals surface area (Å²) < 4.78 is 0. The van der Waals surface area contributed by atoms with E-state index in [-0.39, 0.29) is 0 Å². The highest BCUT2D eigenvalue weighted by atomic mass is 14.6. The van der Waals surface area contributed by atoms with Gasteiger partial charge in [-0.3, -0.25) is 0 Å². The van der Waals surface area contributed by atoms with Crippen molar-refractivity contribution in [1.82, 2.24) is 0 Å².